The van der Waals surface area contributed by atoms with Gasteiger partial charge in [0.2, 0.25) is 0 Å². The first-order chi connectivity index (χ1) is 11.6. The number of benzene rings is 2. The maximum absolute atomic E-state index is 11.5. The monoisotopic (exact) mass is 322 g/mol. The smallest absolute Gasteiger partial charge is 0.354 e. The number of nitrogens with zero attached hydrogens (tertiary/aromatic N) is 2. The van der Waals surface area contributed by atoms with Gasteiger partial charge in [-0.25, -0.2) is 4.79 Å². The Bertz CT molecular complexity index is 849. The molecule has 3 aromatic rings. The van der Waals surface area contributed by atoms with Gasteiger partial charge in [-0.3, -0.25) is 4.68 Å². The topological polar surface area (TPSA) is 64.3 Å². The molecule has 0 aliphatic rings. The van der Waals surface area contributed by atoms with E-state index in [1.807, 2.05) is 55.5 Å². The minimum absolute atomic E-state index is 0.168. The minimum atomic E-state index is -0.991. The summed E-state index contributed by atoms with van der Waals surface area (Å²) in [6, 6.07) is 17.0. The Kier molecular flexibility index (Phi) is 4.33. The first-order valence-corrected chi connectivity index (χ1v) is 7.58. The number of carboxylic acid groups (broad SMARTS) is 1. The molecule has 0 spiro atoms. The SMILES string of the molecule is COc1ccc(-c2cc(C(=O)O)n(Cc3ccc(C)cc3)n2)cc1. The summed E-state index contributed by atoms with van der Waals surface area (Å²) in [4.78, 5) is 11.5. The van der Waals surface area contributed by atoms with Crippen LogP contribution in [-0.4, -0.2) is 28.0 Å². The van der Waals surface area contributed by atoms with Crippen molar-refractivity contribution >= 4 is 5.97 Å². The van der Waals surface area contributed by atoms with Gasteiger partial charge in [-0.2, -0.15) is 5.10 Å². The number of aromatic carboxylic acids is 1. The van der Waals surface area contributed by atoms with E-state index in [1.54, 1.807) is 13.2 Å². The Morgan fingerprint density at radius 3 is 2.38 bits per heavy atom. The summed E-state index contributed by atoms with van der Waals surface area (Å²) in [6.07, 6.45) is 0. The van der Waals surface area contributed by atoms with E-state index in [-0.39, 0.29) is 5.69 Å². The van der Waals surface area contributed by atoms with Gasteiger partial charge in [-0.15, -0.1) is 0 Å². The third-order valence-corrected chi connectivity index (χ3v) is 3.84. The average Bonchev–Trinajstić information content (AvgIpc) is 3.01. The van der Waals surface area contributed by atoms with Crippen molar-refractivity contribution < 1.29 is 14.6 Å². The Labute approximate surface area is 140 Å². The Balaban J connectivity index is 1.94. The second-order valence-corrected chi connectivity index (χ2v) is 5.59. The van der Waals surface area contributed by atoms with Gasteiger partial charge in [-0.1, -0.05) is 29.8 Å². The van der Waals surface area contributed by atoms with Gasteiger partial charge in [0, 0.05) is 5.56 Å². The van der Waals surface area contributed by atoms with Crippen LogP contribution in [0.1, 0.15) is 21.6 Å². The first-order valence-electron chi connectivity index (χ1n) is 7.58. The lowest BCUT2D eigenvalue weighted by atomic mass is 10.1. The van der Waals surface area contributed by atoms with E-state index >= 15 is 0 Å². The van der Waals surface area contributed by atoms with E-state index in [4.69, 9.17) is 4.74 Å². The highest BCUT2D eigenvalue weighted by Crippen LogP contribution is 2.23. The van der Waals surface area contributed by atoms with Gasteiger partial charge in [0.15, 0.2) is 0 Å². The van der Waals surface area contributed by atoms with Gasteiger partial charge in [0.25, 0.3) is 0 Å². The van der Waals surface area contributed by atoms with E-state index in [9.17, 15) is 9.90 Å². The quantitative estimate of drug-likeness (QED) is 0.779. The average molecular weight is 322 g/mol. The van der Waals surface area contributed by atoms with Crippen molar-refractivity contribution in [3.05, 3.63) is 71.4 Å². The first kappa shape index (κ1) is 15.8. The third kappa shape index (κ3) is 3.30. The van der Waals surface area contributed by atoms with Crippen LogP contribution in [0.3, 0.4) is 0 Å². The van der Waals surface area contributed by atoms with Crippen molar-refractivity contribution in [2.75, 3.05) is 7.11 Å². The van der Waals surface area contributed by atoms with E-state index in [0.717, 1.165) is 22.4 Å². The summed E-state index contributed by atoms with van der Waals surface area (Å²) >= 11 is 0. The molecule has 5 nitrogen and oxygen atoms in total. The van der Waals surface area contributed by atoms with Crippen molar-refractivity contribution in [1.29, 1.82) is 0 Å². The maximum atomic E-state index is 11.5. The molecular formula is C19H18N2O3. The van der Waals surface area contributed by atoms with Crippen LogP contribution in [0, 0.1) is 6.92 Å². The molecule has 0 bridgehead atoms. The van der Waals surface area contributed by atoms with Crippen molar-refractivity contribution in [2.24, 2.45) is 0 Å². The number of hydrogen-bond donors (Lipinski definition) is 1. The molecule has 0 saturated heterocycles. The summed E-state index contributed by atoms with van der Waals surface area (Å²) in [7, 11) is 1.60. The van der Waals surface area contributed by atoms with E-state index in [1.165, 1.54) is 4.68 Å². The summed E-state index contributed by atoms with van der Waals surface area (Å²) in [5.74, 6) is -0.245. The zero-order chi connectivity index (χ0) is 17.1. The maximum Gasteiger partial charge on any atom is 0.354 e. The molecule has 0 unspecified atom stereocenters. The van der Waals surface area contributed by atoms with Crippen LogP contribution in [0.5, 0.6) is 5.75 Å². The molecule has 1 heterocycles. The lowest BCUT2D eigenvalue weighted by molar-refractivity contribution is 0.0684. The molecule has 0 amide bonds. The molecule has 0 saturated carbocycles. The van der Waals surface area contributed by atoms with Crippen molar-refractivity contribution in [3.8, 4) is 17.0 Å². The van der Waals surface area contributed by atoms with Crippen molar-refractivity contribution in [3.63, 3.8) is 0 Å². The van der Waals surface area contributed by atoms with Gasteiger partial charge in [-0.05, 0) is 42.8 Å². The Morgan fingerprint density at radius 2 is 1.79 bits per heavy atom. The molecule has 122 valence electrons. The van der Waals surface area contributed by atoms with Crippen LogP contribution in [-0.2, 0) is 6.54 Å². The molecule has 0 fully saturated rings. The molecule has 0 atom stereocenters. The fraction of sp³-hybridized carbons (Fsp3) is 0.158. The summed E-state index contributed by atoms with van der Waals surface area (Å²) in [5.41, 5.74) is 3.81. The normalized spacial score (nSPS) is 10.6. The number of methoxy groups -OCH3 is 1. The molecule has 2 aromatic carbocycles. The minimum Gasteiger partial charge on any atom is -0.497 e. The molecule has 3 rings (SSSR count). The Hall–Kier alpha value is -3.08. The summed E-state index contributed by atoms with van der Waals surface area (Å²) in [6.45, 7) is 2.43. The lowest BCUT2D eigenvalue weighted by Gasteiger charge is -2.05. The summed E-state index contributed by atoms with van der Waals surface area (Å²) in [5, 5.41) is 13.9. The lowest BCUT2D eigenvalue weighted by Crippen LogP contribution is -2.10. The predicted octanol–water partition coefficient (Wildman–Crippen LogP) is 3.61. The van der Waals surface area contributed by atoms with Crippen LogP contribution < -0.4 is 4.74 Å². The van der Waals surface area contributed by atoms with Gasteiger partial charge in [0.1, 0.15) is 11.4 Å². The van der Waals surface area contributed by atoms with E-state index in [2.05, 4.69) is 5.10 Å². The second kappa shape index (κ2) is 6.58. The molecule has 5 heteroatoms. The molecule has 24 heavy (non-hydrogen) atoms. The highest BCUT2D eigenvalue weighted by molar-refractivity contribution is 5.87. The van der Waals surface area contributed by atoms with Crippen LogP contribution in [0.15, 0.2) is 54.6 Å². The second-order valence-electron chi connectivity index (χ2n) is 5.59. The number of carboxylic acids is 1. The van der Waals surface area contributed by atoms with E-state index < -0.39 is 5.97 Å². The fourth-order valence-electron chi connectivity index (χ4n) is 2.48. The number of aromatic nitrogens is 2. The molecule has 0 radical (unpaired) electrons. The molecular weight excluding hydrogens is 304 g/mol. The Morgan fingerprint density at radius 1 is 1.12 bits per heavy atom. The zero-order valence-corrected chi connectivity index (χ0v) is 13.6. The number of carbonyl (C=O) groups is 1. The number of ether oxygens (including phenoxy) is 1. The fourth-order valence-corrected chi connectivity index (χ4v) is 2.48. The molecule has 1 aromatic heterocycles. The van der Waals surface area contributed by atoms with E-state index in [0.29, 0.717) is 12.2 Å². The summed E-state index contributed by atoms with van der Waals surface area (Å²) < 4.78 is 6.66. The predicted molar refractivity (Wildman–Crippen MR) is 91.5 cm³/mol. The highest BCUT2D eigenvalue weighted by atomic mass is 16.5. The van der Waals surface area contributed by atoms with Crippen LogP contribution in [0.25, 0.3) is 11.3 Å². The number of rotatable bonds is 5. The zero-order valence-electron chi connectivity index (χ0n) is 13.6. The third-order valence-electron chi connectivity index (χ3n) is 3.84. The largest absolute Gasteiger partial charge is 0.497 e. The highest BCUT2D eigenvalue weighted by Gasteiger charge is 2.15. The number of hydrogen-bond acceptors (Lipinski definition) is 3. The van der Waals surface area contributed by atoms with Gasteiger partial charge in [0.05, 0.1) is 19.3 Å². The molecule has 1 N–H and O–H groups in total. The van der Waals surface area contributed by atoms with Crippen LogP contribution in [0.2, 0.25) is 0 Å². The van der Waals surface area contributed by atoms with Crippen molar-refractivity contribution in [2.45, 2.75) is 13.5 Å². The molecule has 0 aliphatic heterocycles. The standard InChI is InChI=1S/C19H18N2O3/c1-13-3-5-14(6-4-13)12-21-18(19(22)23)11-17(20-21)15-7-9-16(24-2)10-8-15/h3-11H,12H2,1-2H3,(H,22,23). The van der Waals surface area contributed by atoms with Gasteiger partial charge >= 0.3 is 5.97 Å². The number of aryl methyl sites for hydroxylation is 1. The van der Waals surface area contributed by atoms with Crippen LogP contribution >= 0.6 is 0 Å². The van der Waals surface area contributed by atoms with Crippen molar-refractivity contribution in [1.82, 2.24) is 9.78 Å². The molecule has 0 aliphatic carbocycles. The van der Waals surface area contributed by atoms with Gasteiger partial charge < -0.3 is 9.84 Å². The van der Waals surface area contributed by atoms with Crippen LogP contribution in [0.4, 0.5) is 0 Å².